The van der Waals surface area contributed by atoms with Gasteiger partial charge in [-0.3, -0.25) is 4.90 Å². The van der Waals surface area contributed by atoms with Gasteiger partial charge in [-0.15, -0.1) is 0 Å². The Labute approximate surface area is 133 Å². The Morgan fingerprint density at radius 3 is 2.29 bits per heavy atom. The van der Waals surface area contributed by atoms with Gasteiger partial charge in [0.25, 0.3) is 0 Å². The van der Waals surface area contributed by atoms with Crippen LogP contribution in [0.5, 0.6) is 0 Å². The molecule has 0 aromatic heterocycles. The first kappa shape index (κ1) is 18.4. The van der Waals surface area contributed by atoms with Gasteiger partial charge < -0.3 is 5.73 Å². The van der Waals surface area contributed by atoms with E-state index < -0.39 is 0 Å². The third kappa shape index (κ3) is 4.94. The van der Waals surface area contributed by atoms with Gasteiger partial charge in [-0.05, 0) is 36.5 Å². The molecule has 0 heterocycles. The molecular weight excluding hydrogens is 287 g/mol. The highest BCUT2D eigenvalue weighted by Crippen LogP contribution is 2.31. The van der Waals surface area contributed by atoms with Gasteiger partial charge in [0.15, 0.2) is 0 Å². The maximum atomic E-state index is 13.3. The predicted molar refractivity (Wildman–Crippen MR) is 89.1 cm³/mol. The molecule has 1 rings (SSSR count). The fourth-order valence-corrected chi connectivity index (χ4v) is 3.22. The second-order valence-corrected chi connectivity index (χ2v) is 6.39. The Balaban J connectivity index is 3.16. The average Bonchev–Trinajstić information content (AvgIpc) is 2.42. The molecule has 0 bridgehead atoms. The van der Waals surface area contributed by atoms with Crippen molar-refractivity contribution in [1.29, 1.82) is 0 Å². The molecule has 0 radical (unpaired) electrons. The first-order valence-corrected chi connectivity index (χ1v) is 8.23. The van der Waals surface area contributed by atoms with Crippen LogP contribution in [0.1, 0.15) is 52.1 Å². The summed E-state index contributed by atoms with van der Waals surface area (Å²) < 4.78 is 13.3. The summed E-state index contributed by atoms with van der Waals surface area (Å²) in [5.41, 5.74) is 6.97. The van der Waals surface area contributed by atoms with E-state index in [0.29, 0.717) is 23.5 Å². The van der Waals surface area contributed by atoms with E-state index in [0.717, 1.165) is 24.9 Å². The number of hydrogen-bond acceptors (Lipinski definition) is 2. The Kier molecular flexibility index (Phi) is 7.64. The summed E-state index contributed by atoms with van der Waals surface area (Å²) in [7, 11) is 0. The van der Waals surface area contributed by atoms with Crippen molar-refractivity contribution in [2.75, 3.05) is 13.1 Å². The SMILES string of the molecule is CCC(CC)N(CC(C)C)C(CN)c1ccc(F)cc1Cl. The van der Waals surface area contributed by atoms with Crippen LogP contribution in [0.15, 0.2) is 18.2 Å². The van der Waals surface area contributed by atoms with Crippen molar-refractivity contribution < 1.29 is 4.39 Å². The lowest BCUT2D eigenvalue weighted by Crippen LogP contribution is -2.43. The number of nitrogens with two attached hydrogens (primary N) is 1. The second-order valence-electron chi connectivity index (χ2n) is 5.98. The molecule has 0 aliphatic heterocycles. The van der Waals surface area contributed by atoms with Crippen molar-refractivity contribution in [1.82, 2.24) is 4.90 Å². The van der Waals surface area contributed by atoms with E-state index in [1.54, 1.807) is 6.07 Å². The minimum Gasteiger partial charge on any atom is -0.329 e. The first-order valence-electron chi connectivity index (χ1n) is 7.85. The van der Waals surface area contributed by atoms with E-state index in [-0.39, 0.29) is 11.9 Å². The zero-order chi connectivity index (χ0) is 16.0. The van der Waals surface area contributed by atoms with Crippen molar-refractivity contribution in [3.63, 3.8) is 0 Å². The molecule has 0 saturated carbocycles. The minimum absolute atomic E-state index is 0.0328. The van der Waals surface area contributed by atoms with Crippen LogP contribution in [0.25, 0.3) is 0 Å². The third-order valence-electron chi connectivity index (χ3n) is 3.93. The van der Waals surface area contributed by atoms with Gasteiger partial charge in [0, 0.05) is 30.2 Å². The van der Waals surface area contributed by atoms with Crippen molar-refractivity contribution in [3.05, 3.63) is 34.6 Å². The summed E-state index contributed by atoms with van der Waals surface area (Å²) in [6.07, 6.45) is 2.14. The zero-order valence-corrected chi connectivity index (χ0v) is 14.3. The standard InChI is InChI=1S/C17H28ClFN2/c1-5-14(6-2)21(11-12(3)4)17(10-20)15-8-7-13(19)9-16(15)18/h7-9,12,14,17H,5-6,10-11,20H2,1-4H3. The van der Waals surface area contributed by atoms with Crippen LogP contribution in [0, 0.1) is 11.7 Å². The summed E-state index contributed by atoms with van der Waals surface area (Å²) in [6.45, 7) is 10.2. The number of halogens is 2. The second kappa shape index (κ2) is 8.72. The molecule has 0 amide bonds. The summed E-state index contributed by atoms with van der Waals surface area (Å²) in [5.74, 6) is 0.233. The van der Waals surface area contributed by atoms with E-state index in [1.807, 2.05) is 0 Å². The Morgan fingerprint density at radius 2 is 1.86 bits per heavy atom. The van der Waals surface area contributed by atoms with Gasteiger partial charge >= 0.3 is 0 Å². The number of hydrogen-bond donors (Lipinski definition) is 1. The number of benzene rings is 1. The topological polar surface area (TPSA) is 29.3 Å². The number of nitrogens with zero attached hydrogens (tertiary/aromatic N) is 1. The molecule has 21 heavy (non-hydrogen) atoms. The smallest absolute Gasteiger partial charge is 0.124 e. The fourth-order valence-electron chi connectivity index (χ4n) is 2.92. The Bertz CT molecular complexity index is 433. The molecular formula is C17H28ClFN2. The largest absolute Gasteiger partial charge is 0.329 e. The summed E-state index contributed by atoms with van der Waals surface area (Å²) in [6, 6.07) is 5.10. The van der Waals surface area contributed by atoms with Crippen LogP contribution < -0.4 is 5.73 Å². The van der Waals surface area contributed by atoms with Crippen LogP contribution in [-0.4, -0.2) is 24.0 Å². The highest BCUT2D eigenvalue weighted by molar-refractivity contribution is 6.31. The molecule has 4 heteroatoms. The highest BCUT2D eigenvalue weighted by Gasteiger charge is 2.27. The molecule has 0 aliphatic carbocycles. The van der Waals surface area contributed by atoms with E-state index in [1.165, 1.54) is 12.1 Å². The van der Waals surface area contributed by atoms with Crippen LogP contribution in [0.3, 0.4) is 0 Å². The molecule has 1 aromatic rings. The van der Waals surface area contributed by atoms with Crippen LogP contribution >= 0.6 is 11.6 Å². The van der Waals surface area contributed by atoms with Gasteiger partial charge in [0.05, 0.1) is 0 Å². The summed E-state index contributed by atoms with van der Waals surface area (Å²) >= 11 is 6.25. The Morgan fingerprint density at radius 1 is 1.24 bits per heavy atom. The van der Waals surface area contributed by atoms with Crippen molar-refractivity contribution in [2.24, 2.45) is 11.7 Å². The van der Waals surface area contributed by atoms with Gasteiger partial charge in [0.2, 0.25) is 0 Å². The van der Waals surface area contributed by atoms with Crippen molar-refractivity contribution in [2.45, 2.75) is 52.6 Å². The quantitative estimate of drug-likeness (QED) is 0.758. The van der Waals surface area contributed by atoms with Crippen molar-refractivity contribution >= 4 is 11.6 Å². The lowest BCUT2D eigenvalue weighted by atomic mass is 9.99. The maximum absolute atomic E-state index is 13.3. The van der Waals surface area contributed by atoms with Gasteiger partial charge in [-0.1, -0.05) is 45.4 Å². The summed E-state index contributed by atoms with van der Waals surface area (Å²) in [5, 5.41) is 0.463. The summed E-state index contributed by atoms with van der Waals surface area (Å²) in [4.78, 5) is 2.43. The molecule has 2 N–H and O–H groups in total. The van der Waals surface area contributed by atoms with Gasteiger partial charge in [-0.25, -0.2) is 4.39 Å². The Hall–Kier alpha value is -0.640. The first-order chi connectivity index (χ1) is 9.94. The van der Waals surface area contributed by atoms with Crippen LogP contribution in [0.2, 0.25) is 5.02 Å². The molecule has 120 valence electrons. The molecule has 0 aliphatic rings. The molecule has 0 fully saturated rings. The van der Waals surface area contributed by atoms with E-state index in [4.69, 9.17) is 17.3 Å². The number of rotatable bonds is 8. The van der Waals surface area contributed by atoms with Crippen molar-refractivity contribution in [3.8, 4) is 0 Å². The zero-order valence-electron chi connectivity index (χ0n) is 13.6. The van der Waals surface area contributed by atoms with Crippen LogP contribution in [-0.2, 0) is 0 Å². The normalized spacial score (nSPS) is 13.4. The monoisotopic (exact) mass is 314 g/mol. The van der Waals surface area contributed by atoms with E-state index >= 15 is 0 Å². The van der Waals surface area contributed by atoms with E-state index in [2.05, 4.69) is 32.6 Å². The minimum atomic E-state index is -0.308. The molecule has 2 nitrogen and oxygen atoms in total. The molecule has 1 atom stereocenters. The highest BCUT2D eigenvalue weighted by atomic mass is 35.5. The average molecular weight is 315 g/mol. The van der Waals surface area contributed by atoms with E-state index in [9.17, 15) is 4.39 Å². The van der Waals surface area contributed by atoms with Crippen LogP contribution in [0.4, 0.5) is 4.39 Å². The fraction of sp³-hybridized carbons (Fsp3) is 0.647. The van der Waals surface area contributed by atoms with Gasteiger partial charge in [0.1, 0.15) is 5.82 Å². The molecule has 0 saturated heterocycles. The van der Waals surface area contributed by atoms with Gasteiger partial charge in [-0.2, -0.15) is 0 Å². The molecule has 1 aromatic carbocycles. The molecule has 1 unspecified atom stereocenters. The predicted octanol–water partition coefficient (Wildman–Crippen LogP) is 4.63. The third-order valence-corrected chi connectivity index (χ3v) is 4.26. The lowest BCUT2D eigenvalue weighted by Gasteiger charge is -2.38. The maximum Gasteiger partial charge on any atom is 0.124 e. The molecule has 0 spiro atoms. The lowest BCUT2D eigenvalue weighted by molar-refractivity contribution is 0.112.